The summed E-state index contributed by atoms with van der Waals surface area (Å²) in [7, 11) is 1.86. The van der Waals surface area contributed by atoms with Gasteiger partial charge in [0.15, 0.2) is 5.49 Å². The Hall–Kier alpha value is -3.69. The molecule has 1 aromatic carbocycles. The molecule has 1 atom stereocenters. The van der Waals surface area contributed by atoms with Gasteiger partial charge in [0.05, 0.1) is 29.0 Å². The summed E-state index contributed by atoms with van der Waals surface area (Å²) in [4.78, 5) is 26.5. The lowest BCUT2D eigenvalue weighted by molar-refractivity contribution is -0.138. The van der Waals surface area contributed by atoms with E-state index in [1.165, 1.54) is 17.9 Å². The first-order valence-electron chi connectivity index (χ1n) is 11.2. The monoisotopic (exact) mass is 485 g/mol. The molecule has 3 heterocycles. The molecular weight excluding hydrogens is 459 g/mol. The molecule has 0 unspecified atom stereocenters. The third-order valence-corrected chi connectivity index (χ3v) is 6.49. The summed E-state index contributed by atoms with van der Waals surface area (Å²) in [6.45, 7) is 5.71. The van der Waals surface area contributed by atoms with Crippen molar-refractivity contribution in [3.63, 3.8) is 0 Å². The largest absolute Gasteiger partial charge is 0.465 e. The standard InChI is InChI=1S/C25H26F3N5O2/c1-14-18(6-5-7-20(14)25(26,27)28)15(2)30-23-19-12-21(17-8-10-33(11-9-17)24(34)35)29-13-22(19)32(4)16(3)31-23/h5-8,12-13,15H,9-11H2,1-4H3,(H,34,35)/t15-/m1/s1. The minimum absolute atomic E-state index is 0.150. The molecule has 0 saturated heterocycles. The molecule has 0 saturated carbocycles. The van der Waals surface area contributed by atoms with Crippen molar-refractivity contribution in [1.82, 2.24) is 19.4 Å². The zero-order valence-electron chi connectivity index (χ0n) is 19.9. The van der Waals surface area contributed by atoms with Crippen LogP contribution in [-0.4, -0.2) is 43.7 Å². The van der Waals surface area contributed by atoms with Crippen molar-refractivity contribution in [3.8, 4) is 0 Å². The Morgan fingerprint density at radius 1 is 1.26 bits per heavy atom. The molecule has 0 bridgehead atoms. The number of carbonyl (C=O) groups is 1. The van der Waals surface area contributed by atoms with Crippen LogP contribution in [0.3, 0.4) is 0 Å². The Bertz CT molecular complexity index is 1410. The van der Waals surface area contributed by atoms with Gasteiger partial charge in [-0.15, -0.1) is 0 Å². The second-order valence-electron chi connectivity index (χ2n) is 8.66. The Balaban J connectivity index is 1.83. The molecule has 35 heavy (non-hydrogen) atoms. The lowest BCUT2D eigenvalue weighted by atomic mass is 9.97. The fourth-order valence-corrected chi connectivity index (χ4v) is 4.37. The topological polar surface area (TPSA) is 83.6 Å². The molecule has 1 N–H and O–H groups in total. The van der Waals surface area contributed by atoms with Crippen LogP contribution in [0.4, 0.5) is 18.0 Å². The fourth-order valence-electron chi connectivity index (χ4n) is 4.37. The van der Waals surface area contributed by atoms with Crippen LogP contribution < -0.4 is 5.49 Å². The number of hydrogen-bond acceptors (Lipinski definition) is 4. The third-order valence-electron chi connectivity index (χ3n) is 6.49. The Labute approximate surface area is 200 Å². The van der Waals surface area contributed by atoms with E-state index >= 15 is 0 Å². The molecule has 4 rings (SSSR count). The van der Waals surface area contributed by atoms with Crippen molar-refractivity contribution in [3.05, 3.63) is 70.2 Å². The minimum atomic E-state index is -4.44. The lowest BCUT2D eigenvalue weighted by Crippen LogP contribution is -2.33. The lowest BCUT2D eigenvalue weighted by Gasteiger charge is -2.23. The number of pyridine rings is 1. The van der Waals surface area contributed by atoms with E-state index in [1.54, 1.807) is 19.2 Å². The zero-order valence-corrected chi connectivity index (χ0v) is 19.9. The second-order valence-corrected chi connectivity index (χ2v) is 8.66. The molecule has 7 nitrogen and oxygen atoms in total. The van der Waals surface area contributed by atoms with Crippen molar-refractivity contribution < 1.29 is 23.1 Å². The Morgan fingerprint density at radius 2 is 2.00 bits per heavy atom. The highest BCUT2D eigenvalue weighted by Crippen LogP contribution is 2.35. The fraction of sp³-hybridized carbons (Fsp3) is 0.360. The molecule has 0 spiro atoms. The van der Waals surface area contributed by atoms with Gasteiger partial charge in [0.25, 0.3) is 0 Å². The summed E-state index contributed by atoms with van der Waals surface area (Å²) in [5.41, 5.74) is 2.81. The molecule has 1 aliphatic heterocycles. The summed E-state index contributed by atoms with van der Waals surface area (Å²) < 4.78 is 42.1. The van der Waals surface area contributed by atoms with Gasteiger partial charge in [-0.25, -0.2) is 9.78 Å². The van der Waals surface area contributed by atoms with Gasteiger partial charge >= 0.3 is 12.3 Å². The smallest absolute Gasteiger partial charge is 0.416 e. The first-order chi connectivity index (χ1) is 16.5. The number of aryl methyl sites for hydroxylation is 2. The number of carboxylic acid groups (broad SMARTS) is 1. The maximum absolute atomic E-state index is 13.4. The molecule has 3 aromatic rings. The van der Waals surface area contributed by atoms with Gasteiger partial charge in [-0.1, -0.05) is 18.2 Å². The molecule has 184 valence electrons. The minimum Gasteiger partial charge on any atom is -0.465 e. The van der Waals surface area contributed by atoms with Crippen LogP contribution in [0.15, 0.2) is 41.5 Å². The van der Waals surface area contributed by atoms with Crippen LogP contribution in [-0.2, 0) is 13.2 Å². The van der Waals surface area contributed by atoms with Crippen LogP contribution in [0.2, 0.25) is 0 Å². The zero-order chi connectivity index (χ0) is 25.5. The van der Waals surface area contributed by atoms with Gasteiger partial charge in [0, 0.05) is 25.5 Å². The van der Waals surface area contributed by atoms with E-state index in [2.05, 4.69) is 9.97 Å². The highest BCUT2D eigenvalue weighted by atomic mass is 19.4. The van der Waals surface area contributed by atoms with Crippen molar-refractivity contribution in [2.45, 2.75) is 39.4 Å². The van der Waals surface area contributed by atoms with E-state index in [4.69, 9.17) is 4.99 Å². The summed E-state index contributed by atoms with van der Waals surface area (Å²) in [5.74, 6) is 0.688. The van der Waals surface area contributed by atoms with E-state index in [9.17, 15) is 23.1 Å². The van der Waals surface area contributed by atoms with Gasteiger partial charge in [-0.2, -0.15) is 13.2 Å². The number of hydrogen-bond donors (Lipinski definition) is 1. The van der Waals surface area contributed by atoms with Crippen molar-refractivity contribution in [2.24, 2.45) is 12.0 Å². The molecular formula is C25H26F3N5O2. The van der Waals surface area contributed by atoms with Crippen LogP contribution in [0.1, 0.15) is 47.6 Å². The molecule has 2 aromatic heterocycles. The SMILES string of the molecule is Cc1c([C@@H](C)N=c2nc(C)n(C)c3cnc(C4=CCN(C(=O)O)CC4)cc23)cccc1C(F)(F)F. The summed E-state index contributed by atoms with van der Waals surface area (Å²) in [5, 5.41) is 9.91. The Morgan fingerprint density at radius 3 is 2.63 bits per heavy atom. The average Bonchev–Trinajstić information content (AvgIpc) is 2.81. The second kappa shape index (κ2) is 9.16. The molecule has 1 aliphatic rings. The van der Waals surface area contributed by atoms with Crippen molar-refractivity contribution in [1.29, 1.82) is 0 Å². The predicted octanol–water partition coefficient (Wildman–Crippen LogP) is 5.03. The maximum atomic E-state index is 13.4. The van der Waals surface area contributed by atoms with Gasteiger partial charge in [-0.05, 0) is 56.0 Å². The number of alkyl halides is 3. The van der Waals surface area contributed by atoms with Crippen LogP contribution in [0, 0.1) is 13.8 Å². The quantitative estimate of drug-likeness (QED) is 0.564. The number of fused-ring (bicyclic) bond motifs is 1. The number of amides is 1. The number of nitrogens with zero attached hydrogens (tertiary/aromatic N) is 5. The molecule has 0 fully saturated rings. The van der Waals surface area contributed by atoms with E-state index in [1.807, 2.05) is 30.7 Å². The Kier molecular flexibility index (Phi) is 6.40. The number of aromatic nitrogens is 3. The highest BCUT2D eigenvalue weighted by molar-refractivity contribution is 5.81. The number of benzene rings is 1. The van der Waals surface area contributed by atoms with E-state index in [0.717, 1.165) is 22.5 Å². The van der Waals surface area contributed by atoms with Gasteiger partial charge in [0.1, 0.15) is 5.82 Å². The molecule has 1 amide bonds. The average molecular weight is 486 g/mol. The van der Waals surface area contributed by atoms with Gasteiger partial charge < -0.3 is 14.6 Å². The van der Waals surface area contributed by atoms with Gasteiger partial charge in [-0.3, -0.25) is 9.98 Å². The van der Waals surface area contributed by atoms with Gasteiger partial charge in [0.2, 0.25) is 0 Å². The summed E-state index contributed by atoms with van der Waals surface area (Å²) >= 11 is 0. The highest BCUT2D eigenvalue weighted by Gasteiger charge is 2.33. The maximum Gasteiger partial charge on any atom is 0.416 e. The van der Waals surface area contributed by atoms with Crippen molar-refractivity contribution >= 4 is 22.6 Å². The van der Waals surface area contributed by atoms with E-state index < -0.39 is 23.9 Å². The molecule has 0 aliphatic carbocycles. The normalized spacial score (nSPS) is 15.9. The summed E-state index contributed by atoms with van der Waals surface area (Å²) in [6.07, 6.45) is -1.30. The van der Waals surface area contributed by atoms with Crippen LogP contribution >= 0.6 is 0 Å². The van der Waals surface area contributed by atoms with E-state index in [0.29, 0.717) is 35.5 Å². The first-order valence-corrected chi connectivity index (χ1v) is 11.2. The van der Waals surface area contributed by atoms with E-state index in [-0.39, 0.29) is 12.1 Å². The molecule has 0 radical (unpaired) electrons. The number of rotatable bonds is 3. The van der Waals surface area contributed by atoms with Crippen LogP contribution in [0.5, 0.6) is 0 Å². The van der Waals surface area contributed by atoms with Crippen LogP contribution in [0.25, 0.3) is 16.5 Å². The number of halogens is 3. The molecule has 10 heteroatoms. The third kappa shape index (κ3) is 4.78. The first kappa shape index (κ1) is 24.4. The predicted molar refractivity (Wildman–Crippen MR) is 126 cm³/mol. The van der Waals surface area contributed by atoms with Crippen molar-refractivity contribution in [2.75, 3.05) is 13.1 Å². The summed E-state index contributed by atoms with van der Waals surface area (Å²) in [6, 6.07) is 5.44.